The standard InChI is InChI=1S/C23H20FN5OS/c24-19-6-8-20(9-7-19)29-22(18-11-13-25-14-12-18)27-28-23(29)31-16-21(30)26-15-10-17-4-2-1-3-5-17/h1-9,11-14H,10,15-16H2,(H,26,30). The van der Waals surface area contributed by atoms with Crippen molar-refractivity contribution in [1.29, 1.82) is 0 Å². The van der Waals surface area contributed by atoms with Gasteiger partial charge < -0.3 is 5.32 Å². The normalized spacial score (nSPS) is 10.7. The van der Waals surface area contributed by atoms with E-state index >= 15 is 0 Å². The van der Waals surface area contributed by atoms with Crippen LogP contribution < -0.4 is 5.32 Å². The molecule has 0 bridgehead atoms. The van der Waals surface area contributed by atoms with E-state index in [1.54, 1.807) is 24.5 Å². The van der Waals surface area contributed by atoms with E-state index in [1.807, 2.05) is 47.0 Å². The Kier molecular flexibility index (Phi) is 6.68. The van der Waals surface area contributed by atoms with Crippen molar-refractivity contribution in [2.45, 2.75) is 11.6 Å². The van der Waals surface area contributed by atoms with Gasteiger partial charge >= 0.3 is 0 Å². The summed E-state index contributed by atoms with van der Waals surface area (Å²) in [7, 11) is 0. The molecule has 0 unspecified atom stereocenters. The van der Waals surface area contributed by atoms with Gasteiger partial charge in [0.15, 0.2) is 11.0 Å². The third-order valence-electron chi connectivity index (χ3n) is 4.57. The van der Waals surface area contributed by atoms with Crippen LogP contribution in [0.5, 0.6) is 0 Å². The summed E-state index contributed by atoms with van der Waals surface area (Å²) in [5.41, 5.74) is 2.71. The van der Waals surface area contributed by atoms with Gasteiger partial charge in [-0.25, -0.2) is 4.39 Å². The van der Waals surface area contributed by atoms with Gasteiger partial charge in [0.1, 0.15) is 5.82 Å². The molecule has 0 aliphatic carbocycles. The SMILES string of the molecule is O=C(CSc1nnc(-c2ccncc2)n1-c1ccc(F)cc1)NCCc1ccccc1. The van der Waals surface area contributed by atoms with Crippen molar-refractivity contribution in [3.8, 4) is 17.1 Å². The minimum atomic E-state index is -0.325. The fraction of sp³-hybridized carbons (Fsp3) is 0.130. The summed E-state index contributed by atoms with van der Waals surface area (Å²) in [6.07, 6.45) is 4.12. The van der Waals surface area contributed by atoms with Crippen LogP contribution in [0.25, 0.3) is 17.1 Å². The number of thioether (sulfide) groups is 1. The Morgan fingerprint density at radius 2 is 1.71 bits per heavy atom. The van der Waals surface area contributed by atoms with Gasteiger partial charge in [0.05, 0.1) is 5.75 Å². The number of nitrogens with zero attached hydrogens (tertiary/aromatic N) is 4. The van der Waals surface area contributed by atoms with Crippen molar-refractivity contribution in [3.05, 3.63) is 90.5 Å². The topological polar surface area (TPSA) is 72.7 Å². The fourth-order valence-corrected chi connectivity index (χ4v) is 3.83. The highest BCUT2D eigenvalue weighted by Gasteiger charge is 2.17. The molecule has 2 heterocycles. The van der Waals surface area contributed by atoms with Crippen LogP contribution in [0.3, 0.4) is 0 Å². The number of aromatic nitrogens is 4. The first-order valence-corrected chi connectivity index (χ1v) is 10.7. The molecular weight excluding hydrogens is 413 g/mol. The van der Waals surface area contributed by atoms with Crippen LogP contribution in [0.4, 0.5) is 4.39 Å². The Bertz CT molecular complexity index is 1130. The Morgan fingerprint density at radius 1 is 0.968 bits per heavy atom. The smallest absolute Gasteiger partial charge is 0.230 e. The molecule has 156 valence electrons. The molecule has 0 saturated heterocycles. The van der Waals surface area contributed by atoms with Crippen molar-refractivity contribution >= 4 is 17.7 Å². The second-order valence-corrected chi connectivity index (χ2v) is 7.67. The largest absolute Gasteiger partial charge is 0.355 e. The highest BCUT2D eigenvalue weighted by Crippen LogP contribution is 2.27. The monoisotopic (exact) mass is 433 g/mol. The number of halogens is 1. The minimum absolute atomic E-state index is 0.0833. The molecule has 2 aromatic carbocycles. The van der Waals surface area contributed by atoms with Crippen LogP contribution in [0.2, 0.25) is 0 Å². The van der Waals surface area contributed by atoms with Gasteiger partial charge in [-0.2, -0.15) is 0 Å². The Hall–Kier alpha value is -3.52. The van der Waals surface area contributed by atoms with Gasteiger partial charge in [-0.3, -0.25) is 14.3 Å². The number of hydrogen-bond donors (Lipinski definition) is 1. The lowest BCUT2D eigenvalue weighted by molar-refractivity contribution is -0.118. The van der Waals surface area contributed by atoms with Gasteiger partial charge in [-0.15, -0.1) is 10.2 Å². The van der Waals surface area contributed by atoms with E-state index in [1.165, 1.54) is 29.5 Å². The zero-order valence-electron chi connectivity index (χ0n) is 16.6. The van der Waals surface area contributed by atoms with Crippen molar-refractivity contribution in [2.24, 2.45) is 0 Å². The first kappa shape index (κ1) is 20.7. The molecule has 0 aliphatic rings. The van der Waals surface area contributed by atoms with Crippen LogP contribution in [-0.4, -0.2) is 38.0 Å². The maximum atomic E-state index is 13.4. The Labute approximate surface area is 183 Å². The van der Waals surface area contributed by atoms with Crippen molar-refractivity contribution < 1.29 is 9.18 Å². The molecular formula is C23H20FN5OS. The van der Waals surface area contributed by atoms with Gasteiger partial charge in [0.2, 0.25) is 5.91 Å². The van der Waals surface area contributed by atoms with Gasteiger partial charge in [-0.1, -0.05) is 42.1 Å². The lowest BCUT2D eigenvalue weighted by Gasteiger charge is -2.10. The first-order valence-electron chi connectivity index (χ1n) is 9.76. The van der Waals surface area contributed by atoms with E-state index in [-0.39, 0.29) is 17.5 Å². The minimum Gasteiger partial charge on any atom is -0.355 e. The molecule has 1 N–H and O–H groups in total. The predicted molar refractivity (Wildman–Crippen MR) is 118 cm³/mol. The number of amides is 1. The summed E-state index contributed by atoms with van der Waals surface area (Å²) in [6.45, 7) is 0.566. The summed E-state index contributed by atoms with van der Waals surface area (Å²) < 4.78 is 15.3. The molecule has 0 aliphatic heterocycles. The van der Waals surface area contributed by atoms with Crippen molar-refractivity contribution in [3.63, 3.8) is 0 Å². The highest BCUT2D eigenvalue weighted by atomic mass is 32.2. The van der Waals surface area contributed by atoms with E-state index < -0.39 is 0 Å². The van der Waals surface area contributed by atoms with E-state index in [2.05, 4.69) is 20.5 Å². The van der Waals surface area contributed by atoms with E-state index in [4.69, 9.17) is 0 Å². The third-order valence-corrected chi connectivity index (χ3v) is 5.50. The summed E-state index contributed by atoms with van der Waals surface area (Å²) in [5, 5.41) is 12.1. The van der Waals surface area contributed by atoms with Crippen molar-refractivity contribution in [1.82, 2.24) is 25.1 Å². The molecule has 0 radical (unpaired) electrons. The maximum absolute atomic E-state index is 13.4. The Morgan fingerprint density at radius 3 is 2.45 bits per heavy atom. The molecule has 4 aromatic rings. The predicted octanol–water partition coefficient (Wildman–Crippen LogP) is 3.92. The van der Waals surface area contributed by atoms with Crippen LogP contribution in [0.15, 0.2) is 84.3 Å². The number of benzene rings is 2. The number of carbonyl (C=O) groups is 1. The summed E-state index contributed by atoms with van der Waals surface area (Å²) in [5.74, 6) is 0.389. The van der Waals surface area contributed by atoms with Crippen LogP contribution in [-0.2, 0) is 11.2 Å². The number of carbonyl (C=O) groups excluding carboxylic acids is 1. The van der Waals surface area contributed by atoms with Gasteiger partial charge in [0, 0.05) is 30.2 Å². The zero-order chi connectivity index (χ0) is 21.5. The van der Waals surface area contributed by atoms with Crippen LogP contribution >= 0.6 is 11.8 Å². The van der Waals surface area contributed by atoms with E-state index in [0.717, 1.165) is 12.0 Å². The highest BCUT2D eigenvalue weighted by molar-refractivity contribution is 7.99. The molecule has 1 amide bonds. The number of nitrogens with one attached hydrogen (secondary N) is 1. The van der Waals surface area contributed by atoms with E-state index in [0.29, 0.717) is 23.2 Å². The van der Waals surface area contributed by atoms with Crippen LogP contribution in [0, 0.1) is 5.82 Å². The van der Waals surface area contributed by atoms with E-state index in [9.17, 15) is 9.18 Å². The molecule has 0 atom stereocenters. The average molecular weight is 434 g/mol. The molecule has 0 fully saturated rings. The summed E-state index contributed by atoms with van der Waals surface area (Å²) in [6, 6.07) is 19.7. The number of pyridine rings is 1. The second kappa shape index (κ2) is 9.99. The lowest BCUT2D eigenvalue weighted by atomic mass is 10.1. The molecule has 2 aromatic heterocycles. The molecule has 0 saturated carbocycles. The Balaban J connectivity index is 1.47. The molecule has 31 heavy (non-hydrogen) atoms. The van der Waals surface area contributed by atoms with Gasteiger partial charge in [-0.05, 0) is 48.4 Å². The summed E-state index contributed by atoms with van der Waals surface area (Å²) in [4.78, 5) is 16.4. The molecule has 4 rings (SSSR count). The average Bonchev–Trinajstić information content (AvgIpc) is 3.23. The lowest BCUT2D eigenvalue weighted by Crippen LogP contribution is -2.27. The third kappa shape index (κ3) is 5.35. The number of rotatable bonds is 8. The quantitative estimate of drug-likeness (QED) is 0.427. The molecule has 6 nitrogen and oxygen atoms in total. The first-order chi connectivity index (χ1) is 15.2. The fourth-order valence-electron chi connectivity index (χ4n) is 3.05. The maximum Gasteiger partial charge on any atom is 0.230 e. The number of hydrogen-bond acceptors (Lipinski definition) is 5. The summed E-state index contributed by atoms with van der Waals surface area (Å²) >= 11 is 1.28. The second-order valence-electron chi connectivity index (χ2n) is 6.73. The molecule has 8 heteroatoms. The zero-order valence-corrected chi connectivity index (χ0v) is 17.4. The van der Waals surface area contributed by atoms with Gasteiger partial charge in [0.25, 0.3) is 0 Å². The van der Waals surface area contributed by atoms with Crippen molar-refractivity contribution in [2.75, 3.05) is 12.3 Å². The molecule has 0 spiro atoms. The van der Waals surface area contributed by atoms with Crippen LogP contribution in [0.1, 0.15) is 5.56 Å².